The summed E-state index contributed by atoms with van der Waals surface area (Å²) in [5, 5.41) is 13.9. The number of aromatic hydroxyl groups is 1. The van der Waals surface area contributed by atoms with Gasteiger partial charge in [-0.05, 0) is 24.6 Å². The molecule has 2 N–H and O–H groups in total. The number of hydrogen-bond donors (Lipinski definition) is 2. The standard InChI is InChI=1S/C17H17ClN4O2/c1-10-7-13(18)16(23)15-12(10)3-4-14(21-15)17(24)19-6-5-11-8-22(2)9-20-11/h3-4,7-9,23H,5-6H2,1-2H3,(H,19,24). The van der Waals surface area contributed by atoms with Crippen molar-refractivity contribution < 1.29 is 9.90 Å². The number of aryl methyl sites for hydroxylation is 2. The lowest BCUT2D eigenvalue weighted by atomic mass is 10.1. The molecule has 0 saturated heterocycles. The molecule has 0 aliphatic rings. The van der Waals surface area contributed by atoms with E-state index in [0.29, 0.717) is 18.5 Å². The molecule has 0 saturated carbocycles. The number of amides is 1. The molecule has 0 aliphatic carbocycles. The summed E-state index contributed by atoms with van der Waals surface area (Å²) in [4.78, 5) is 20.7. The zero-order valence-electron chi connectivity index (χ0n) is 13.4. The molecule has 3 rings (SSSR count). The van der Waals surface area contributed by atoms with Gasteiger partial charge in [0, 0.05) is 31.6 Å². The Hall–Kier alpha value is -2.60. The number of carbonyl (C=O) groups is 1. The second kappa shape index (κ2) is 6.49. The molecule has 0 radical (unpaired) electrons. The Labute approximate surface area is 144 Å². The number of phenols is 1. The molecular weight excluding hydrogens is 328 g/mol. The number of rotatable bonds is 4. The van der Waals surface area contributed by atoms with Crippen molar-refractivity contribution in [1.82, 2.24) is 19.9 Å². The van der Waals surface area contributed by atoms with Gasteiger partial charge >= 0.3 is 0 Å². The van der Waals surface area contributed by atoms with Gasteiger partial charge in [-0.3, -0.25) is 4.79 Å². The van der Waals surface area contributed by atoms with Gasteiger partial charge < -0.3 is 15.0 Å². The minimum Gasteiger partial charge on any atom is -0.504 e. The van der Waals surface area contributed by atoms with Crippen molar-refractivity contribution in [3.8, 4) is 5.75 Å². The number of benzene rings is 1. The highest BCUT2D eigenvalue weighted by molar-refractivity contribution is 6.33. The summed E-state index contributed by atoms with van der Waals surface area (Å²) in [6.45, 7) is 2.33. The summed E-state index contributed by atoms with van der Waals surface area (Å²) < 4.78 is 1.86. The van der Waals surface area contributed by atoms with Crippen molar-refractivity contribution in [3.05, 3.63) is 52.7 Å². The molecule has 0 fully saturated rings. The van der Waals surface area contributed by atoms with Crippen LogP contribution in [0.5, 0.6) is 5.75 Å². The Morgan fingerprint density at radius 1 is 1.42 bits per heavy atom. The zero-order chi connectivity index (χ0) is 17.3. The fourth-order valence-corrected chi connectivity index (χ4v) is 2.78. The first-order valence-corrected chi connectivity index (χ1v) is 7.87. The number of phenolic OH excluding ortho intramolecular Hbond substituents is 1. The van der Waals surface area contributed by atoms with Gasteiger partial charge in [-0.1, -0.05) is 17.7 Å². The maximum absolute atomic E-state index is 12.3. The third kappa shape index (κ3) is 3.19. The monoisotopic (exact) mass is 344 g/mol. The molecule has 7 heteroatoms. The fraction of sp³-hybridized carbons (Fsp3) is 0.235. The summed E-state index contributed by atoms with van der Waals surface area (Å²) in [7, 11) is 1.90. The van der Waals surface area contributed by atoms with Crippen LogP contribution in [0.1, 0.15) is 21.7 Å². The molecule has 1 aromatic carbocycles. The maximum Gasteiger partial charge on any atom is 0.269 e. The largest absolute Gasteiger partial charge is 0.504 e. The van der Waals surface area contributed by atoms with E-state index in [-0.39, 0.29) is 22.4 Å². The molecule has 2 aromatic heterocycles. The number of aromatic nitrogens is 3. The molecule has 0 spiro atoms. The molecule has 124 valence electrons. The molecule has 1 amide bonds. The number of pyridine rings is 1. The van der Waals surface area contributed by atoms with Gasteiger partial charge in [-0.25, -0.2) is 9.97 Å². The highest BCUT2D eigenvalue weighted by Crippen LogP contribution is 2.33. The highest BCUT2D eigenvalue weighted by Gasteiger charge is 2.13. The first kappa shape index (κ1) is 16.3. The van der Waals surface area contributed by atoms with Gasteiger partial charge in [-0.15, -0.1) is 0 Å². The Morgan fingerprint density at radius 2 is 2.21 bits per heavy atom. The number of imidazole rings is 1. The van der Waals surface area contributed by atoms with E-state index in [0.717, 1.165) is 16.6 Å². The van der Waals surface area contributed by atoms with Gasteiger partial charge in [0.05, 0.1) is 17.0 Å². The Morgan fingerprint density at radius 3 is 2.92 bits per heavy atom. The Bertz CT molecular complexity index is 920. The van der Waals surface area contributed by atoms with Crippen LogP contribution in [0.4, 0.5) is 0 Å². The summed E-state index contributed by atoms with van der Waals surface area (Å²) in [5.41, 5.74) is 2.37. The van der Waals surface area contributed by atoms with Gasteiger partial charge in [0.25, 0.3) is 5.91 Å². The molecule has 2 heterocycles. The molecule has 6 nitrogen and oxygen atoms in total. The van der Waals surface area contributed by atoms with E-state index in [1.165, 1.54) is 0 Å². The first-order chi connectivity index (χ1) is 11.5. The summed E-state index contributed by atoms with van der Waals surface area (Å²) in [6.07, 6.45) is 4.26. The number of nitrogens with one attached hydrogen (secondary N) is 1. The second-order valence-electron chi connectivity index (χ2n) is 5.65. The lowest BCUT2D eigenvalue weighted by molar-refractivity contribution is 0.0949. The normalized spacial score (nSPS) is 11.0. The van der Waals surface area contributed by atoms with Crippen molar-refractivity contribution in [1.29, 1.82) is 0 Å². The minimum absolute atomic E-state index is 0.111. The molecule has 0 bridgehead atoms. The van der Waals surface area contributed by atoms with Crippen molar-refractivity contribution in [2.45, 2.75) is 13.3 Å². The second-order valence-corrected chi connectivity index (χ2v) is 6.06. The van der Waals surface area contributed by atoms with Crippen LogP contribution < -0.4 is 5.32 Å². The molecule has 3 aromatic rings. The van der Waals surface area contributed by atoms with E-state index in [9.17, 15) is 9.90 Å². The van der Waals surface area contributed by atoms with E-state index in [2.05, 4.69) is 15.3 Å². The van der Waals surface area contributed by atoms with Crippen LogP contribution >= 0.6 is 11.6 Å². The van der Waals surface area contributed by atoms with Crippen LogP contribution in [0.2, 0.25) is 5.02 Å². The lowest BCUT2D eigenvalue weighted by Crippen LogP contribution is -2.26. The quantitative estimate of drug-likeness (QED) is 0.762. The van der Waals surface area contributed by atoms with Crippen LogP contribution in [0.3, 0.4) is 0 Å². The van der Waals surface area contributed by atoms with Crippen LogP contribution in [0.15, 0.2) is 30.7 Å². The Kier molecular flexibility index (Phi) is 4.40. The van der Waals surface area contributed by atoms with E-state index >= 15 is 0 Å². The van der Waals surface area contributed by atoms with Crippen LogP contribution in [0.25, 0.3) is 10.9 Å². The molecule has 24 heavy (non-hydrogen) atoms. The summed E-state index contributed by atoms with van der Waals surface area (Å²) in [5.74, 6) is -0.412. The van der Waals surface area contributed by atoms with Gasteiger partial charge in [0.15, 0.2) is 5.75 Å². The third-order valence-corrected chi connectivity index (χ3v) is 4.06. The molecule has 0 unspecified atom stereocenters. The van der Waals surface area contributed by atoms with Crippen LogP contribution in [0, 0.1) is 6.92 Å². The van der Waals surface area contributed by atoms with Crippen molar-refractivity contribution >= 4 is 28.4 Å². The van der Waals surface area contributed by atoms with E-state index in [4.69, 9.17) is 11.6 Å². The molecular formula is C17H17ClN4O2. The molecule has 0 aliphatic heterocycles. The van der Waals surface area contributed by atoms with Crippen LogP contribution in [-0.4, -0.2) is 32.1 Å². The van der Waals surface area contributed by atoms with Crippen molar-refractivity contribution in [2.75, 3.05) is 6.54 Å². The van der Waals surface area contributed by atoms with E-state index in [1.807, 2.05) is 24.7 Å². The van der Waals surface area contributed by atoms with Crippen molar-refractivity contribution in [3.63, 3.8) is 0 Å². The van der Waals surface area contributed by atoms with Crippen LogP contribution in [-0.2, 0) is 13.5 Å². The van der Waals surface area contributed by atoms with Gasteiger partial charge in [-0.2, -0.15) is 0 Å². The SMILES string of the molecule is Cc1cc(Cl)c(O)c2nc(C(=O)NCCc3cn(C)cn3)ccc12. The first-order valence-electron chi connectivity index (χ1n) is 7.49. The van der Waals surface area contributed by atoms with Crippen molar-refractivity contribution in [2.24, 2.45) is 7.05 Å². The number of nitrogens with zero attached hydrogens (tertiary/aromatic N) is 3. The number of halogens is 1. The summed E-state index contributed by atoms with van der Waals surface area (Å²) >= 11 is 5.98. The molecule has 0 atom stereocenters. The highest BCUT2D eigenvalue weighted by atomic mass is 35.5. The van der Waals surface area contributed by atoms with Gasteiger partial charge in [0.1, 0.15) is 11.2 Å². The topological polar surface area (TPSA) is 80.0 Å². The predicted molar refractivity (Wildman–Crippen MR) is 92.4 cm³/mol. The maximum atomic E-state index is 12.3. The lowest BCUT2D eigenvalue weighted by Gasteiger charge is -2.08. The average Bonchev–Trinajstić information content (AvgIpc) is 2.97. The average molecular weight is 345 g/mol. The minimum atomic E-state index is -0.301. The number of carbonyl (C=O) groups excluding carboxylic acids is 1. The van der Waals surface area contributed by atoms with E-state index < -0.39 is 0 Å². The summed E-state index contributed by atoms with van der Waals surface area (Å²) in [6, 6.07) is 5.08. The predicted octanol–water partition coefficient (Wildman–Crippen LogP) is 2.61. The number of hydrogen-bond acceptors (Lipinski definition) is 4. The van der Waals surface area contributed by atoms with Gasteiger partial charge in [0.2, 0.25) is 0 Å². The Balaban J connectivity index is 1.76. The number of fused-ring (bicyclic) bond motifs is 1. The zero-order valence-corrected chi connectivity index (χ0v) is 14.1. The third-order valence-electron chi connectivity index (χ3n) is 3.77. The van der Waals surface area contributed by atoms with E-state index in [1.54, 1.807) is 24.5 Å². The fourth-order valence-electron chi connectivity index (χ4n) is 2.52. The smallest absolute Gasteiger partial charge is 0.269 e.